The van der Waals surface area contributed by atoms with Crippen molar-refractivity contribution >= 4 is 11.6 Å². The second-order valence-electron chi connectivity index (χ2n) is 7.01. The van der Waals surface area contributed by atoms with E-state index in [1.807, 2.05) is 40.9 Å². The van der Waals surface area contributed by atoms with Gasteiger partial charge in [0, 0.05) is 48.4 Å². The van der Waals surface area contributed by atoms with Gasteiger partial charge in [-0.1, -0.05) is 29.4 Å². The molecule has 1 fully saturated rings. The summed E-state index contributed by atoms with van der Waals surface area (Å²) >= 11 is 0. The molecule has 1 aromatic carbocycles. The molecule has 0 radical (unpaired) electrons. The third kappa shape index (κ3) is 3.29. The van der Waals surface area contributed by atoms with Gasteiger partial charge in [0.1, 0.15) is 0 Å². The Labute approximate surface area is 157 Å². The van der Waals surface area contributed by atoms with E-state index in [0.717, 1.165) is 36.1 Å². The maximum atomic E-state index is 13.0. The van der Waals surface area contributed by atoms with Crippen LogP contribution in [0.5, 0.6) is 0 Å². The first-order valence-electron chi connectivity index (χ1n) is 9.25. The van der Waals surface area contributed by atoms with Crippen molar-refractivity contribution in [1.82, 2.24) is 14.7 Å². The van der Waals surface area contributed by atoms with Crippen LogP contribution in [0, 0.1) is 0 Å². The van der Waals surface area contributed by atoms with E-state index >= 15 is 0 Å². The third-order valence-electron chi connectivity index (χ3n) is 5.52. The van der Waals surface area contributed by atoms with Gasteiger partial charge in [-0.05, 0) is 29.9 Å². The summed E-state index contributed by atoms with van der Waals surface area (Å²) in [7, 11) is 1.89. The van der Waals surface area contributed by atoms with Crippen LogP contribution < -0.4 is 0 Å². The van der Waals surface area contributed by atoms with Crippen LogP contribution in [0.25, 0.3) is 10.4 Å². The number of benzene rings is 1. The topological polar surface area (TPSA) is 96.1 Å². The summed E-state index contributed by atoms with van der Waals surface area (Å²) in [5.41, 5.74) is 13.1. The number of hydrogen-bond acceptors (Lipinski definition) is 4. The number of carbonyl (C=O) groups is 1. The fourth-order valence-electron chi connectivity index (χ4n) is 4.10. The zero-order chi connectivity index (χ0) is 18.8. The standard InChI is InChI=1S/C19H22N6O2/c1-24-17-8-11-27-12-15(17)18(22-24)19(26)25-9-6-13(7-10-25)14-4-2-3-5-16(14)21-23-20/h2-5,13H,6-12H2,1H3. The number of hydrogen-bond donors (Lipinski definition) is 0. The van der Waals surface area contributed by atoms with Crippen LogP contribution in [0.1, 0.15) is 46.1 Å². The molecule has 4 rings (SSSR count). The fraction of sp³-hybridized carbons (Fsp3) is 0.474. The molecule has 0 N–H and O–H groups in total. The molecule has 3 heterocycles. The van der Waals surface area contributed by atoms with Crippen molar-refractivity contribution in [2.75, 3.05) is 19.7 Å². The van der Waals surface area contributed by atoms with Crippen molar-refractivity contribution in [2.45, 2.75) is 31.8 Å². The van der Waals surface area contributed by atoms with Gasteiger partial charge in [-0.15, -0.1) is 0 Å². The summed E-state index contributed by atoms with van der Waals surface area (Å²) in [5.74, 6) is 0.274. The minimum Gasteiger partial charge on any atom is -0.376 e. The summed E-state index contributed by atoms with van der Waals surface area (Å²) < 4.78 is 7.35. The Balaban J connectivity index is 1.49. The Morgan fingerprint density at radius 1 is 1.33 bits per heavy atom. The van der Waals surface area contributed by atoms with E-state index in [-0.39, 0.29) is 11.8 Å². The van der Waals surface area contributed by atoms with Gasteiger partial charge in [0.2, 0.25) is 0 Å². The Morgan fingerprint density at radius 3 is 2.89 bits per heavy atom. The van der Waals surface area contributed by atoms with Crippen molar-refractivity contribution in [2.24, 2.45) is 12.2 Å². The number of likely N-dealkylation sites (tertiary alicyclic amines) is 1. The molecule has 0 saturated carbocycles. The number of rotatable bonds is 3. The highest BCUT2D eigenvalue weighted by Gasteiger charge is 2.30. The van der Waals surface area contributed by atoms with Gasteiger partial charge in [0.15, 0.2) is 5.69 Å². The number of ether oxygens (including phenoxy) is 1. The van der Waals surface area contributed by atoms with E-state index in [1.165, 1.54) is 0 Å². The smallest absolute Gasteiger partial charge is 0.274 e. The van der Waals surface area contributed by atoms with Gasteiger partial charge < -0.3 is 9.64 Å². The number of aromatic nitrogens is 2. The van der Waals surface area contributed by atoms with Gasteiger partial charge in [0.05, 0.1) is 13.2 Å². The highest BCUT2D eigenvalue weighted by Crippen LogP contribution is 2.35. The van der Waals surface area contributed by atoms with Gasteiger partial charge in [-0.2, -0.15) is 5.10 Å². The Bertz CT molecular complexity index is 907. The monoisotopic (exact) mass is 366 g/mol. The normalized spacial score (nSPS) is 17.3. The summed E-state index contributed by atoms with van der Waals surface area (Å²) in [4.78, 5) is 17.8. The number of amides is 1. The van der Waals surface area contributed by atoms with E-state index < -0.39 is 0 Å². The van der Waals surface area contributed by atoms with Crippen LogP contribution in [0.15, 0.2) is 29.4 Å². The van der Waals surface area contributed by atoms with Gasteiger partial charge >= 0.3 is 0 Å². The highest BCUT2D eigenvalue weighted by molar-refractivity contribution is 5.94. The minimum atomic E-state index is -0.0147. The molecule has 1 aromatic heterocycles. The average Bonchev–Trinajstić information content (AvgIpc) is 3.05. The number of azide groups is 1. The van der Waals surface area contributed by atoms with Crippen LogP contribution in [0.3, 0.4) is 0 Å². The lowest BCUT2D eigenvalue weighted by molar-refractivity contribution is 0.0694. The average molecular weight is 366 g/mol. The van der Waals surface area contributed by atoms with Crippen molar-refractivity contribution in [1.29, 1.82) is 0 Å². The van der Waals surface area contributed by atoms with Crippen LogP contribution in [-0.2, 0) is 24.8 Å². The van der Waals surface area contributed by atoms with E-state index in [2.05, 4.69) is 15.1 Å². The van der Waals surface area contributed by atoms with Crippen LogP contribution in [0.2, 0.25) is 0 Å². The minimum absolute atomic E-state index is 0.0147. The SMILES string of the molecule is Cn1nc(C(=O)N2CCC(c3ccccc3N=[N+]=[N-])CC2)c2c1CCOC2. The predicted octanol–water partition coefficient (Wildman–Crippen LogP) is 3.45. The molecule has 0 spiro atoms. The van der Waals surface area contributed by atoms with Crippen molar-refractivity contribution in [3.05, 3.63) is 57.2 Å². The first kappa shape index (κ1) is 17.6. The molecule has 0 atom stereocenters. The van der Waals surface area contributed by atoms with Gasteiger partial charge in [-0.3, -0.25) is 9.48 Å². The van der Waals surface area contributed by atoms with Gasteiger partial charge in [-0.25, -0.2) is 0 Å². The zero-order valence-electron chi connectivity index (χ0n) is 15.3. The molecule has 2 aliphatic rings. The number of fused-ring (bicyclic) bond motifs is 1. The third-order valence-corrected chi connectivity index (χ3v) is 5.52. The lowest BCUT2D eigenvalue weighted by Gasteiger charge is -2.32. The highest BCUT2D eigenvalue weighted by atomic mass is 16.5. The number of nitrogens with zero attached hydrogens (tertiary/aromatic N) is 6. The molecule has 0 aliphatic carbocycles. The first-order valence-corrected chi connectivity index (χ1v) is 9.25. The van der Waals surface area contributed by atoms with Crippen LogP contribution in [-0.4, -0.2) is 40.3 Å². The maximum absolute atomic E-state index is 13.0. The molecule has 140 valence electrons. The van der Waals surface area contributed by atoms with Crippen molar-refractivity contribution in [3.8, 4) is 0 Å². The van der Waals surface area contributed by atoms with Crippen molar-refractivity contribution in [3.63, 3.8) is 0 Å². The quantitative estimate of drug-likeness (QED) is 0.473. The molecule has 0 bridgehead atoms. The molecule has 2 aromatic rings. The Hall–Kier alpha value is -2.83. The number of aryl methyl sites for hydroxylation is 1. The maximum Gasteiger partial charge on any atom is 0.274 e. The first-order chi connectivity index (χ1) is 13.2. The second-order valence-corrected chi connectivity index (χ2v) is 7.01. The Kier molecular flexibility index (Phi) is 4.83. The molecule has 1 saturated heterocycles. The molecule has 2 aliphatic heterocycles. The van der Waals surface area contributed by atoms with E-state index in [0.29, 0.717) is 37.7 Å². The molecular formula is C19H22N6O2. The van der Waals surface area contributed by atoms with Crippen molar-refractivity contribution < 1.29 is 9.53 Å². The summed E-state index contributed by atoms with van der Waals surface area (Å²) in [5, 5.41) is 8.28. The van der Waals surface area contributed by atoms with E-state index in [9.17, 15) is 4.79 Å². The van der Waals surface area contributed by atoms with Crippen LogP contribution in [0.4, 0.5) is 5.69 Å². The molecule has 1 amide bonds. The molecule has 8 nitrogen and oxygen atoms in total. The lowest BCUT2D eigenvalue weighted by atomic mass is 9.88. The van der Waals surface area contributed by atoms with E-state index in [1.54, 1.807) is 0 Å². The predicted molar refractivity (Wildman–Crippen MR) is 99.7 cm³/mol. The summed E-state index contributed by atoms with van der Waals surface area (Å²) in [6.07, 6.45) is 2.48. The fourth-order valence-corrected chi connectivity index (χ4v) is 4.10. The number of piperidine rings is 1. The molecule has 27 heavy (non-hydrogen) atoms. The summed E-state index contributed by atoms with van der Waals surface area (Å²) in [6, 6.07) is 7.69. The van der Waals surface area contributed by atoms with E-state index in [4.69, 9.17) is 10.3 Å². The lowest BCUT2D eigenvalue weighted by Crippen LogP contribution is -2.38. The molecule has 0 unspecified atom stereocenters. The molecular weight excluding hydrogens is 344 g/mol. The van der Waals surface area contributed by atoms with Gasteiger partial charge in [0.25, 0.3) is 5.91 Å². The van der Waals surface area contributed by atoms with Crippen LogP contribution >= 0.6 is 0 Å². The summed E-state index contributed by atoms with van der Waals surface area (Å²) in [6.45, 7) is 2.47. The second kappa shape index (κ2) is 7.42. The zero-order valence-corrected chi connectivity index (χ0v) is 15.3. The number of carbonyl (C=O) groups excluding carboxylic acids is 1. The molecule has 8 heteroatoms. The largest absolute Gasteiger partial charge is 0.376 e. The Morgan fingerprint density at radius 2 is 2.11 bits per heavy atom.